The molecule has 0 saturated carbocycles. The number of hydrogen-bond donors (Lipinski definition) is 1. The van der Waals surface area contributed by atoms with Crippen molar-refractivity contribution in [2.45, 2.75) is 13.5 Å². The van der Waals surface area contributed by atoms with Gasteiger partial charge >= 0.3 is 6.03 Å². The number of aryl methyl sites for hydroxylation is 1. The summed E-state index contributed by atoms with van der Waals surface area (Å²) >= 11 is 0. The van der Waals surface area contributed by atoms with Gasteiger partial charge in [-0.3, -0.25) is 4.79 Å². The first-order valence-corrected chi connectivity index (χ1v) is 10.6. The molecule has 1 aliphatic heterocycles. The molecule has 1 N–H and O–H groups in total. The molecule has 0 spiro atoms. The average Bonchev–Trinajstić information content (AvgIpc) is 3.15. The Hall–Kier alpha value is -3.48. The number of fused-ring (bicyclic) bond motifs is 1. The third-order valence-corrected chi connectivity index (χ3v) is 5.76. The lowest BCUT2D eigenvalue weighted by Gasteiger charge is -2.36. The van der Waals surface area contributed by atoms with Gasteiger partial charge in [-0.2, -0.15) is 0 Å². The van der Waals surface area contributed by atoms with Crippen molar-refractivity contribution in [1.82, 2.24) is 14.4 Å². The molecule has 7 nitrogen and oxygen atoms in total. The van der Waals surface area contributed by atoms with E-state index in [1.807, 2.05) is 39.9 Å². The zero-order valence-electron chi connectivity index (χ0n) is 18.3. The SMILES string of the molecule is Cc1cccc(N2CCN(C(=O)Nc3ccc4c(ccn4CC(=O)N(C)C)c3)CC2)c1. The van der Waals surface area contributed by atoms with E-state index in [1.165, 1.54) is 11.3 Å². The van der Waals surface area contributed by atoms with E-state index in [-0.39, 0.29) is 11.9 Å². The highest BCUT2D eigenvalue weighted by molar-refractivity contribution is 5.93. The molecular weight excluding hydrogens is 390 g/mol. The summed E-state index contributed by atoms with van der Waals surface area (Å²) in [6, 6.07) is 16.2. The van der Waals surface area contributed by atoms with Gasteiger partial charge in [0.05, 0.1) is 0 Å². The zero-order chi connectivity index (χ0) is 22.0. The molecule has 2 heterocycles. The van der Waals surface area contributed by atoms with Crippen molar-refractivity contribution >= 4 is 34.2 Å². The number of hydrogen-bond acceptors (Lipinski definition) is 3. The minimum absolute atomic E-state index is 0.0414. The van der Waals surface area contributed by atoms with Crippen molar-refractivity contribution in [2.24, 2.45) is 0 Å². The second-order valence-electron chi connectivity index (χ2n) is 8.25. The van der Waals surface area contributed by atoms with Crippen molar-refractivity contribution in [3.63, 3.8) is 0 Å². The van der Waals surface area contributed by atoms with Gasteiger partial charge in [-0.15, -0.1) is 0 Å². The molecular formula is C24H29N5O2. The zero-order valence-corrected chi connectivity index (χ0v) is 18.3. The van der Waals surface area contributed by atoms with Crippen LogP contribution in [0.1, 0.15) is 5.56 Å². The average molecular weight is 420 g/mol. The number of carbonyl (C=O) groups is 2. The molecule has 0 unspecified atom stereocenters. The third-order valence-electron chi connectivity index (χ3n) is 5.76. The lowest BCUT2D eigenvalue weighted by atomic mass is 10.2. The van der Waals surface area contributed by atoms with E-state index >= 15 is 0 Å². The molecule has 3 amide bonds. The normalized spacial score (nSPS) is 14.0. The molecule has 0 aliphatic carbocycles. The molecule has 4 rings (SSSR count). The van der Waals surface area contributed by atoms with Crippen molar-refractivity contribution in [1.29, 1.82) is 0 Å². The van der Waals surface area contributed by atoms with E-state index in [2.05, 4.69) is 41.4 Å². The van der Waals surface area contributed by atoms with E-state index in [0.717, 1.165) is 29.7 Å². The third kappa shape index (κ3) is 4.66. The van der Waals surface area contributed by atoms with Crippen molar-refractivity contribution < 1.29 is 9.59 Å². The number of anilines is 2. The maximum atomic E-state index is 12.8. The van der Waals surface area contributed by atoms with Gasteiger partial charge in [0.25, 0.3) is 0 Å². The van der Waals surface area contributed by atoms with Crippen LogP contribution in [-0.4, -0.2) is 66.6 Å². The molecule has 1 aliphatic rings. The van der Waals surface area contributed by atoms with Crippen LogP contribution in [0.3, 0.4) is 0 Å². The van der Waals surface area contributed by atoms with E-state index in [0.29, 0.717) is 19.6 Å². The lowest BCUT2D eigenvalue weighted by Crippen LogP contribution is -2.50. The van der Waals surface area contributed by atoms with Crippen molar-refractivity contribution in [2.75, 3.05) is 50.5 Å². The Morgan fingerprint density at radius 2 is 1.77 bits per heavy atom. The monoisotopic (exact) mass is 419 g/mol. The number of rotatable bonds is 4. The highest BCUT2D eigenvalue weighted by Gasteiger charge is 2.21. The van der Waals surface area contributed by atoms with Crippen LogP contribution in [0.15, 0.2) is 54.7 Å². The Labute approximate surface area is 182 Å². The number of nitrogens with one attached hydrogen (secondary N) is 1. The van der Waals surface area contributed by atoms with Crippen LogP contribution in [0.2, 0.25) is 0 Å². The van der Waals surface area contributed by atoms with Crippen LogP contribution in [-0.2, 0) is 11.3 Å². The Bertz CT molecular complexity index is 1100. The number of piperazine rings is 1. The predicted molar refractivity (Wildman–Crippen MR) is 125 cm³/mol. The number of likely N-dealkylation sites (N-methyl/N-ethyl adjacent to an activating group) is 1. The minimum Gasteiger partial charge on any atom is -0.368 e. The van der Waals surface area contributed by atoms with Gasteiger partial charge < -0.3 is 24.6 Å². The van der Waals surface area contributed by atoms with E-state index in [9.17, 15) is 9.59 Å². The number of urea groups is 1. The number of nitrogens with zero attached hydrogens (tertiary/aromatic N) is 4. The van der Waals surface area contributed by atoms with Crippen LogP contribution in [0, 0.1) is 6.92 Å². The topological polar surface area (TPSA) is 60.8 Å². The summed E-state index contributed by atoms with van der Waals surface area (Å²) in [5.74, 6) is 0.0414. The fraction of sp³-hybridized carbons (Fsp3) is 0.333. The quantitative estimate of drug-likeness (QED) is 0.705. The predicted octanol–water partition coefficient (Wildman–Crippen LogP) is 3.39. The first-order valence-electron chi connectivity index (χ1n) is 10.6. The summed E-state index contributed by atoms with van der Waals surface area (Å²) in [4.78, 5) is 30.5. The highest BCUT2D eigenvalue weighted by Crippen LogP contribution is 2.22. The summed E-state index contributed by atoms with van der Waals surface area (Å²) in [6.07, 6.45) is 1.90. The molecule has 0 atom stereocenters. The first kappa shape index (κ1) is 20.8. The maximum Gasteiger partial charge on any atom is 0.321 e. The van der Waals surface area contributed by atoms with Gasteiger partial charge in [-0.25, -0.2) is 4.79 Å². The second-order valence-corrected chi connectivity index (χ2v) is 8.25. The van der Waals surface area contributed by atoms with Gasteiger partial charge in [-0.1, -0.05) is 12.1 Å². The summed E-state index contributed by atoms with van der Waals surface area (Å²) in [7, 11) is 3.50. The molecule has 7 heteroatoms. The molecule has 2 aromatic carbocycles. The highest BCUT2D eigenvalue weighted by atomic mass is 16.2. The Morgan fingerprint density at radius 3 is 2.48 bits per heavy atom. The standard InChI is InChI=1S/C24H29N5O2/c1-18-5-4-6-21(15-18)27-11-13-28(14-12-27)24(31)25-20-7-8-22-19(16-20)9-10-29(22)17-23(30)26(2)3/h4-10,15-16H,11-14,17H2,1-3H3,(H,25,31). The Kier molecular flexibility index (Phi) is 5.84. The molecule has 1 aromatic heterocycles. The summed E-state index contributed by atoms with van der Waals surface area (Å²) in [5, 5.41) is 4.01. The van der Waals surface area contributed by atoms with Crippen molar-refractivity contribution in [3.05, 3.63) is 60.3 Å². The number of benzene rings is 2. The molecule has 31 heavy (non-hydrogen) atoms. The maximum absolute atomic E-state index is 12.8. The first-order chi connectivity index (χ1) is 14.9. The molecule has 3 aromatic rings. The van der Waals surface area contributed by atoms with Crippen LogP contribution in [0.5, 0.6) is 0 Å². The summed E-state index contributed by atoms with van der Waals surface area (Å²) in [5.41, 5.74) is 4.19. The van der Waals surface area contributed by atoms with Gasteiger partial charge in [-0.05, 0) is 48.9 Å². The van der Waals surface area contributed by atoms with Gasteiger partial charge in [0.2, 0.25) is 5.91 Å². The lowest BCUT2D eigenvalue weighted by molar-refractivity contribution is -0.129. The fourth-order valence-electron chi connectivity index (χ4n) is 3.90. The molecule has 0 bridgehead atoms. The van der Waals surface area contributed by atoms with Gasteiger partial charge in [0.1, 0.15) is 6.54 Å². The molecule has 1 fully saturated rings. The van der Waals surface area contributed by atoms with E-state index < -0.39 is 0 Å². The van der Waals surface area contributed by atoms with E-state index in [1.54, 1.807) is 19.0 Å². The fourth-order valence-corrected chi connectivity index (χ4v) is 3.90. The Balaban J connectivity index is 1.37. The summed E-state index contributed by atoms with van der Waals surface area (Å²) < 4.78 is 1.92. The second kappa shape index (κ2) is 8.71. The smallest absolute Gasteiger partial charge is 0.321 e. The number of aromatic nitrogens is 1. The molecule has 162 valence electrons. The van der Waals surface area contributed by atoms with E-state index in [4.69, 9.17) is 0 Å². The largest absolute Gasteiger partial charge is 0.368 e. The van der Waals surface area contributed by atoms with Crippen molar-refractivity contribution in [3.8, 4) is 0 Å². The van der Waals surface area contributed by atoms with Gasteiger partial charge in [0.15, 0.2) is 0 Å². The van der Waals surface area contributed by atoms with Gasteiger partial charge in [0, 0.05) is 68.7 Å². The molecule has 0 radical (unpaired) electrons. The Morgan fingerprint density at radius 1 is 1.00 bits per heavy atom. The summed E-state index contributed by atoms with van der Waals surface area (Å²) in [6.45, 7) is 5.40. The van der Waals surface area contributed by atoms with Crippen LogP contribution < -0.4 is 10.2 Å². The van der Waals surface area contributed by atoms with Crippen LogP contribution >= 0.6 is 0 Å². The number of carbonyl (C=O) groups excluding carboxylic acids is 2. The van der Waals surface area contributed by atoms with Crippen LogP contribution in [0.25, 0.3) is 10.9 Å². The molecule has 1 saturated heterocycles. The number of amides is 3. The van der Waals surface area contributed by atoms with Crippen LogP contribution in [0.4, 0.5) is 16.2 Å². The minimum atomic E-state index is -0.0783.